The Balaban J connectivity index is 1.41. The molecule has 3 aromatic rings. The number of benzene rings is 2. The molecule has 1 aromatic heterocycles. The SMILES string of the molecule is O=C(NCCCc1nc2ccccc2n1Cc1ccc(Br)cc1)C1CCCCC1. The number of rotatable bonds is 7. The maximum atomic E-state index is 12.4. The van der Waals surface area contributed by atoms with E-state index in [0.717, 1.165) is 60.1 Å². The van der Waals surface area contributed by atoms with Crippen LogP contribution in [0.2, 0.25) is 0 Å². The maximum absolute atomic E-state index is 12.4. The fourth-order valence-electron chi connectivity index (χ4n) is 4.23. The van der Waals surface area contributed by atoms with Gasteiger partial charge in [-0.15, -0.1) is 0 Å². The smallest absolute Gasteiger partial charge is 0.223 e. The summed E-state index contributed by atoms with van der Waals surface area (Å²) in [4.78, 5) is 17.2. The lowest BCUT2D eigenvalue weighted by Gasteiger charge is -2.20. The Morgan fingerprint density at radius 3 is 2.62 bits per heavy atom. The molecule has 1 N–H and O–H groups in total. The molecule has 1 fully saturated rings. The molecule has 0 saturated heterocycles. The van der Waals surface area contributed by atoms with Gasteiger partial charge in [0.15, 0.2) is 0 Å². The predicted octanol–water partition coefficient (Wildman–Crippen LogP) is 5.48. The molecule has 4 rings (SSSR count). The minimum absolute atomic E-state index is 0.228. The standard InChI is InChI=1S/C24H28BrN3O/c25-20-14-12-18(13-15-20)17-28-22-10-5-4-9-21(22)27-23(28)11-6-16-26-24(29)19-7-2-1-3-8-19/h4-5,9-10,12-15,19H,1-3,6-8,11,16-17H2,(H,26,29). The highest BCUT2D eigenvalue weighted by Gasteiger charge is 2.20. The van der Waals surface area contributed by atoms with Gasteiger partial charge in [0.1, 0.15) is 5.82 Å². The lowest BCUT2D eigenvalue weighted by atomic mass is 9.89. The number of carbonyl (C=O) groups excluding carboxylic acids is 1. The summed E-state index contributed by atoms with van der Waals surface area (Å²) >= 11 is 3.51. The van der Waals surface area contributed by atoms with Crippen molar-refractivity contribution in [1.82, 2.24) is 14.9 Å². The molecule has 1 heterocycles. The number of halogens is 1. The van der Waals surface area contributed by atoms with Gasteiger partial charge in [-0.2, -0.15) is 0 Å². The monoisotopic (exact) mass is 453 g/mol. The first-order valence-corrected chi connectivity index (χ1v) is 11.5. The van der Waals surface area contributed by atoms with Gasteiger partial charge in [0.25, 0.3) is 0 Å². The van der Waals surface area contributed by atoms with Crippen LogP contribution in [0.4, 0.5) is 0 Å². The van der Waals surface area contributed by atoms with E-state index in [1.807, 2.05) is 6.07 Å². The number of carbonyl (C=O) groups is 1. The van der Waals surface area contributed by atoms with E-state index < -0.39 is 0 Å². The maximum Gasteiger partial charge on any atom is 0.223 e. The first kappa shape index (κ1) is 20.1. The highest BCUT2D eigenvalue weighted by molar-refractivity contribution is 9.10. The number of para-hydroxylation sites is 2. The Kier molecular flexibility index (Phi) is 6.65. The van der Waals surface area contributed by atoms with Gasteiger partial charge in [0, 0.05) is 29.9 Å². The minimum atomic E-state index is 0.228. The number of nitrogens with zero attached hydrogens (tertiary/aromatic N) is 2. The average molecular weight is 454 g/mol. The van der Waals surface area contributed by atoms with Crippen molar-refractivity contribution in [3.8, 4) is 0 Å². The highest BCUT2D eigenvalue weighted by Crippen LogP contribution is 2.24. The minimum Gasteiger partial charge on any atom is -0.356 e. The van der Waals surface area contributed by atoms with Crippen molar-refractivity contribution >= 4 is 32.9 Å². The summed E-state index contributed by atoms with van der Waals surface area (Å²) in [7, 11) is 0. The number of aromatic nitrogens is 2. The Labute approximate surface area is 180 Å². The van der Waals surface area contributed by atoms with Gasteiger partial charge in [-0.05, 0) is 49.1 Å². The topological polar surface area (TPSA) is 46.9 Å². The molecule has 0 spiro atoms. The largest absolute Gasteiger partial charge is 0.356 e. The number of aryl methyl sites for hydroxylation is 1. The summed E-state index contributed by atoms with van der Waals surface area (Å²) in [5.41, 5.74) is 3.45. The molecule has 29 heavy (non-hydrogen) atoms. The zero-order valence-corrected chi connectivity index (χ0v) is 18.3. The van der Waals surface area contributed by atoms with Crippen molar-refractivity contribution in [3.05, 3.63) is 64.4 Å². The van der Waals surface area contributed by atoms with Crippen LogP contribution in [-0.4, -0.2) is 22.0 Å². The van der Waals surface area contributed by atoms with Crippen molar-refractivity contribution in [2.24, 2.45) is 5.92 Å². The lowest BCUT2D eigenvalue weighted by Crippen LogP contribution is -2.32. The summed E-state index contributed by atoms with van der Waals surface area (Å²) in [5.74, 6) is 1.56. The van der Waals surface area contributed by atoms with E-state index in [1.165, 1.54) is 24.8 Å². The molecule has 152 valence electrons. The lowest BCUT2D eigenvalue weighted by molar-refractivity contribution is -0.125. The number of imidazole rings is 1. The van der Waals surface area contributed by atoms with Crippen LogP contribution in [0, 0.1) is 5.92 Å². The molecule has 4 nitrogen and oxygen atoms in total. The summed E-state index contributed by atoms with van der Waals surface area (Å²) in [6.45, 7) is 1.52. The van der Waals surface area contributed by atoms with Crippen LogP contribution in [0.15, 0.2) is 53.0 Å². The van der Waals surface area contributed by atoms with E-state index >= 15 is 0 Å². The van der Waals surface area contributed by atoms with E-state index in [9.17, 15) is 4.79 Å². The van der Waals surface area contributed by atoms with Gasteiger partial charge in [-0.25, -0.2) is 4.98 Å². The normalized spacial score (nSPS) is 14.9. The molecule has 5 heteroatoms. The molecule has 0 unspecified atom stereocenters. The van der Waals surface area contributed by atoms with Gasteiger partial charge in [-0.1, -0.05) is 59.5 Å². The molecule has 0 bridgehead atoms. The molecule has 0 aliphatic heterocycles. The molecule has 1 amide bonds. The second-order valence-electron chi connectivity index (χ2n) is 7.96. The third-order valence-corrected chi connectivity index (χ3v) is 6.37. The molecule has 0 atom stereocenters. The Bertz CT molecular complexity index is 958. The van der Waals surface area contributed by atoms with Crippen LogP contribution in [0.25, 0.3) is 11.0 Å². The third kappa shape index (κ3) is 5.08. The summed E-state index contributed by atoms with van der Waals surface area (Å²) in [5, 5.41) is 3.15. The Morgan fingerprint density at radius 1 is 1.07 bits per heavy atom. The first-order valence-electron chi connectivity index (χ1n) is 10.7. The number of fused-ring (bicyclic) bond motifs is 1. The fraction of sp³-hybridized carbons (Fsp3) is 0.417. The van der Waals surface area contributed by atoms with E-state index in [1.54, 1.807) is 0 Å². The van der Waals surface area contributed by atoms with Gasteiger partial charge in [-0.3, -0.25) is 4.79 Å². The zero-order chi connectivity index (χ0) is 20.1. The highest BCUT2D eigenvalue weighted by atomic mass is 79.9. The van der Waals surface area contributed by atoms with Crippen LogP contribution in [0.1, 0.15) is 49.9 Å². The Hall–Kier alpha value is -2.14. The van der Waals surface area contributed by atoms with Crippen LogP contribution >= 0.6 is 15.9 Å². The van der Waals surface area contributed by atoms with Crippen molar-refractivity contribution in [1.29, 1.82) is 0 Å². The van der Waals surface area contributed by atoms with E-state index in [0.29, 0.717) is 0 Å². The van der Waals surface area contributed by atoms with Crippen LogP contribution < -0.4 is 5.32 Å². The summed E-state index contributed by atoms with van der Waals surface area (Å²) in [6.07, 6.45) is 7.52. The van der Waals surface area contributed by atoms with Gasteiger partial charge in [0.05, 0.1) is 11.0 Å². The van der Waals surface area contributed by atoms with Gasteiger partial charge < -0.3 is 9.88 Å². The third-order valence-electron chi connectivity index (χ3n) is 5.84. The van der Waals surface area contributed by atoms with E-state index in [-0.39, 0.29) is 11.8 Å². The van der Waals surface area contributed by atoms with Gasteiger partial charge >= 0.3 is 0 Å². The second kappa shape index (κ2) is 9.57. The van der Waals surface area contributed by atoms with E-state index in [2.05, 4.69) is 68.3 Å². The quantitative estimate of drug-likeness (QED) is 0.481. The number of hydrogen-bond acceptors (Lipinski definition) is 2. The Morgan fingerprint density at radius 2 is 1.83 bits per heavy atom. The molecule has 1 aliphatic carbocycles. The molecule has 1 saturated carbocycles. The van der Waals surface area contributed by atoms with Crippen molar-refractivity contribution in [2.75, 3.05) is 6.54 Å². The zero-order valence-electron chi connectivity index (χ0n) is 16.7. The number of hydrogen-bond donors (Lipinski definition) is 1. The summed E-state index contributed by atoms with van der Waals surface area (Å²) < 4.78 is 3.40. The molecular weight excluding hydrogens is 426 g/mol. The first-order chi connectivity index (χ1) is 14.2. The molecular formula is C24H28BrN3O. The van der Waals surface area contributed by atoms with Gasteiger partial charge in [0.2, 0.25) is 5.91 Å². The van der Waals surface area contributed by atoms with Crippen LogP contribution in [0.5, 0.6) is 0 Å². The van der Waals surface area contributed by atoms with Crippen molar-refractivity contribution < 1.29 is 4.79 Å². The number of nitrogens with one attached hydrogen (secondary N) is 1. The molecule has 2 aromatic carbocycles. The summed E-state index contributed by atoms with van der Waals surface area (Å²) in [6, 6.07) is 16.8. The van der Waals surface area contributed by atoms with Crippen molar-refractivity contribution in [2.45, 2.75) is 51.5 Å². The fourth-order valence-corrected chi connectivity index (χ4v) is 4.50. The van der Waals surface area contributed by atoms with Crippen molar-refractivity contribution in [3.63, 3.8) is 0 Å². The predicted molar refractivity (Wildman–Crippen MR) is 121 cm³/mol. The second-order valence-corrected chi connectivity index (χ2v) is 8.87. The van der Waals surface area contributed by atoms with Crippen LogP contribution in [0.3, 0.4) is 0 Å². The molecule has 1 aliphatic rings. The average Bonchev–Trinajstić information content (AvgIpc) is 3.10. The van der Waals surface area contributed by atoms with E-state index in [4.69, 9.17) is 4.98 Å². The van der Waals surface area contributed by atoms with Crippen LogP contribution in [-0.2, 0) is 17.8 Å². The number of amides is 1. The molecule has 0 radical (unpaired) electrons.